The number of para-hydroxylation sites is 1. The van der Waals surface area contributed by atoms with Crippen molar-refractivity contribution in [3.8, 4) is 5.75 Å². The van der Waals surface area contributed by atoms with E-state index in [1.165, 1.54) is 13.8 Å². The van der Waals surface area contributed by atoms with Crippen LogP contribution in [-0.4, -0.2) is 35.7 Å². The molecule has 2 rings (SSSR count). The van der Waals surface area contributed by atoms with Crippen LogP contribution in [0.15, 0.2) is 29.3 Å². The van der Waals surface area contributed by atoms with Crippen LogP contribution in [0.4, 0.5) is 0 Å². The first kappa shape index (κ1) is 13.3. The summed E-state index contributed by atoms with van der Waals surface area (Å²) in [5.74, 6) is 0.562. The number of nitrogens with zero attached hydrogens (tertiary/aromatic N) is 2. The summed E-state index contributed by atoms with van der Waals surface area (Å²) in [4.78, 5) is 28.8. The molecule has 0 atom stereocenters. The van der Waals surface area contributed by atoms with Crippen LogP contribution in [0, 0.1) is 0 Å². The molecule has 0 N–H and O–H groups in total. The van der Waals surface area contributed by atoms with E-state index in [9.17, 15) is 9.59 Å². The first-order valence-electron chi connectivity index (χ1n) is 6.20. The van der Waals surface area contributed by atoms with Crippen molar-refractivity contribution in [2.75, 3.05) is 13.1 Å². The molecule has 5 nitrogen and oxygen atoms in total. The largest absolute Gasteiger partial charge is 0.426 e. The van der Waals surface area contributed by atoms with Gasteiger partial charge in [0, 0.05) is 26.9 Å². The van der Waals surface area contributed by atoms with Gasteiger partial charge in [-0.1, -0.05) is 12.1 Å². The Labute approximate surface area is 111 Å². The van der Waals surface area contributed by atoms with Gasteiger partial charge >= 0.3 is 5.97 Å². The maximum atomic E-state index is 11.7. The molecule has 1 aliphatic rings. The van der Waals surface area contributed by atoms with Crippen LogP contribution in [0.1, 0.15) is 25.8 Å². The molecular formula is C14H16N2O3. The summed E-state index contributed by atoms with van der Waals surface area (Å²) >= 11 is 0. The zero-order valence-electron chi connectivity index (χ0n) is 11.0. The highest BCUT2D eigenvalue weighted by molar-refractivity contribution is 6.09. The van der Waals surface area contributed by atoms with E-state index in [0.717, 1.165) is 6.42 Å². The van der Waals surface area contributed by atoms with E-state index in [1.54, 1.807) is 23.1 Å². The summed E-state index contributed by atoms with van der Waals surface area (Å²) in [6.07, 6.45) is 0.846. The Morgan fingerprint density at radius 2 is 2.00 bits per heavy atom. The number of rotatable bonds is 2. The molecule has 0 aromatic heterocycles. The predicted octanol–water partition coefficient (Wildman–Crippen LogP) is 1.61. The fourth-order valence-corrected chi connectivity index (χ4v) is 2.04. The van der Waals surface area contributed by atoms with E-state index < -0.39 is 5.97 Å². The van der Waals surface area contributed by atoms with Crippen molar-refractivity contribution in [3.05, 3.63) is 29.8 Å². The third-order valence-electron chi connectivity index (χ3n) is 2.82. The van der Waals surface area contributed by atoms with Gasteiger partial charge in [-0.2, -0.15) is 0 Å². The quantitative estimate of drug-likeness (QED) is 0.599. The maximum absolute atomic E-state index is 11.7. The molecule has 1 aromatic carbocycles. The Hall–Kier alpha value is -2.17. The van der Waals surface area contributed by atoms with Crippen molar-refractivity contribution < 1.29 is 14.3 Å². The summed E-state index contributed by atoms with van der Waals surface area (Å²) in [5.41, 5.74) is 0.674. The molecule has 0 aliphatic carbocycles. The van der Waals surface area contributed by atoms with Crippen molar-refractivity contribution in [1.82, 2.24) is 4.90 Å². The average molecular weight is 260 g/mol. The SMILES string of the molecule is CC(=O)Oc1ccccc1C1=NCCCN1C(C)=O. The molecule has 5 heteroatoms. The van der Waals surface area contributed by atoms with Crippen LogP contribution in [-0.2, 0) is 9.59 Å². The van der Waals surface area contributed by atoms with Crippen LogP contribution in [0.5, 0.6) is 5.75 Å². The van der Waals surface area contributed by atoms with Gasteiger partial charge in [-0.05, 0) is 18.6 Å². The smallest absolute Gasteiger partial charge is 0.308 e. The lowest BCUT2D eigenvalue weighted by molar-refractivity contribution is -0.131. The lowest BCUT2D eigenvalue weighted by Crippen LogP contribution is -2.39. The lowest BCUT2D eigenvalue weighted by Gasteiger charge is -2.27. The second kappa shape index (κ2) is 5.65. The third-order valence-corrected chi connectivity index (χ3v) is 2.82. The number of carbonyl (C=O) groups excluding carboxylic acids is 2. The maximum Gasteiger partial charge on any atom is 0.308 e. The summed E-state index contributed by atoms with van der Waals surface area (Å²) in [6.45, 7) is 4.17. The standard InChI is InChI=1S/C14H16N2O3/c1-10(17)16-9-5-8-15-14(16)12-6-3-4-7-13(12)19-11(2)18/h3-4,6-7H,5,8-9H2,1-2H3. The van der Waals surface area contributed by atoms with Crippen LogP contribution >= 0.6 is 0 Å². The monoisotopic (exact) mass is 260 g/mol. The minimum absolute atomic E-state index is 0.0592. The summed E-state index contributed by atoms with van der Waals surface area (Å²) in [7, 11) is 0. The predicted molar refractivity (Wildman–Crippen MR) is 71.2 cm³/mol. The minimum atomic E-state index is -0.391. The molecule has 0 bridgehead atoms. The van der Waals surface area contributed by atoms with E-state index in [2.05, 4.69) is 4.99 Å². The van der Waals surface area contributed by atoms with E-state index in [4.69, 9.17) is 4.74 Å². The van der Waals surface area contributed by atoms with Gasteiger partial charge in [0.15, 0.2) is 0 Å². The van der Waals surface area contributed by atoms with Gasteiger partial charge in [0.25, 0.3) is 0 Å². The first-order chi connectivity index (χ1) is 9.09. The number of benzene rings is 1. The number of esters is 1. The van der Waals surface area contributed by atoms with E-state index >= 15 is 0 Å². The molecule has 0 spiro atoms. The Kier molecular flexibility index (Phi) is 3.94. The van der Waals surface area contributed by atoms with Crippen LogP contribution in [0.25, 0.3) is 0 Å². The molecule has 1 heterocycles. The fraction of sp³-hybridized carbons (Fsp3) is 0.357. The van der Waals surface area contributed by atoms with E-state index in [1.807, 2.05) is 6.07 Å². The Bertz CT molecular complexity index is 537. The van der Waals surface area contributed by atoms with Crippen LogP contribution in [0.2, 0.25) is 0 Å². The Morgan fingerprint density at radius 1 is 1.26 bits per heavy atom. The zero-order valence-corrected chi connectivity index (χ0v) is 11.0. The minimum Gasteiger partial charge on any atom is -0.426 e. The summed E-state index contributed by atoms with van der Waals surface area (Å²) in [5, 5.41) is 0. The molecule has 1 amide bonds. The number of carbonyl (C=O) groups is 2. The van der Waals surface area contributed by atoms with E-state index in [0.29, 0.717) is 30.2 Å². The van der Waals surface area contributed by atoms with Gasteiger partial charge in [0.2, 0.25) is 5.91 Å². The number of amidine groups is 1. The molecule has 0 saturated heterocycles. The number of hydrogen-bond acceptors (Lipinski definition) is 4. The number of aliphatic imine (C=N–C) groups is 1. The van der Waals surface area contributed by atoms with Crippen molar-refractivity contribution in [3.63, 3.8) is 0 Å². The van der Waals surface area contributed by atoms with Crippen molar-refractivity contribution in [1.29, 1.82) is 0 Å². The highest BCUT2D eigenvalue weighted by Crippen LogP contribution is 2.22. The Morgan fingerprint density at radius 3 is 2.68 bits per heavy atom. The summed E-state index contributed by atoms with van der Waals surface area (Å²) in [6, 6.07) is 7.12. The molecule has 0 saturated carbocycles. The molecule has 1 aromatic rings. The molecule has 0 radical (unpaired) electrons. The highest BCUT2D eigenvalue weighted by Gasteiger charge is 2.23. The zero-order chi connectivity index (χ0) is 13.8. The molecule has 19 heavy (non-hydrogen) atoms. The van der Waals surface area contributed by atoms with Gasteiger partial charge in [0.05, 0.1) is 5.56 Å². The highest BCUT2D eigenvalue weighted by atomic mass is 16.5. The molecule has 1 aliphatic heterocycles. The topological polar surface area (TPSA) is 59.0 Å². The van der Waals surface area contributed by atoms with Crippen molar-refractivity contribution in [2.24, 2.45) is 4.99 Å². The summed E-state index contributed by atoms with van der Waals surface area (Å²) < 4.78 is 5.17. The second-order valence-electron chi connectivity index (χ2n) is 4.32. The van der Waals surface area contributed by atoms with Gasteiger partial charge in [-0.15, -0.1) is 0 Å². The number of ether oxygens (including phenoxy) is 1. The van der Waals surface area contributed by atoms with Crippen molar-refractivity contribution >= 4 is 17.7 Å². The molecule has 0 fully saturated rings. The van der Waals surface area contributed by atoms with Crippen LogP contribution in [0.3, 0.4) is 0 Å². The molecule has 100 valence electrons. The second-order valence-corrected chi connectivity index (χ2v) is 4.32. The molecule has 0 unspecified atom stereocenters. The van der Waals surface area contributed by atoms with Gasteiger partial charge < -0.3 is 4.74 Å². The first-order valence-corrected chi connectivity index (χ1v) is 6.20. The lowest BCUT2D eigenvalue weighted by atomic mass is 10.1. The van der Waals surface area contributed by atoms with Gasteiger partial charge in [0.1, 0.15) is 11.6 Å². The number of hydrogen-bond donors (Lipinski definition) is 0. The van der Waals surface area contributed by atoms with Crippen molar-refractivity contribution in [2.45, 2.75) is 20.3 Å². The average Bonchev–Trinajstić information content (AvgIpc) is 2.38. The molecular weight excluding hydrogens is 244 g/mol. The normalized spacial score (nSPS) is 14.8. The number of amides is 1. The Balaban J connectivity index is 2.42. The van der Waals surface area contributed by atoms with Crippen LogP contribution < -0.4 is 4.74 Å². The van der Waals surface area contributed by atoms with E-state index in [-0.39, 0.29) is 5.91 Å². The van der Waals surface area contributed by atoms with Gasteiger partial charge in [-0.3, -0.25) is 19.5 Å². The third kappa shape index (κ3) is 2.99. The fourth-order valence-electron chi connectivity index (χ4n) is 2.04. The van der Waals surface area contributed by atoms with Gasteiger partial charge in [-0.25, -0.2) is 0 Å².